The molecule has 2 N–H and O–H groups in total. The van der Waals surface area contributed by atoms with E-state index in [9.17, 15) is 22.4 Å². The first-order valence-electron chi connectivity index (χ1n) is 8.98. The second-order valence-electron chi connectivity index (χ2n) is 6.42. The number of morpholine rings is 1. The Kier molecular flexibility index (Phi) is 6.61. The number of carbonyl (C=O) groups excluding carboxylic acids is 1. The number of benzene rings is 1. The van der Waals surface area contributed by atoms with Crippen molar-refractivity contribution >= 4 is 35.5 Å². The highest BCUT2D eigenvalue weighted by molar-refractivity contribution is 6.31. The van der Waals surface area contributed by atoms with Gasteiger partial charge in [0.2, 0.25) is 12.4 Å². The van der Waals surface area contributed by atoms with Gasteiger partial charge in [-0.05, 0) is 19.1 Å². The average Bonchev–Trinajstić information content (AvgIpc) is 2.70. The molecule has 2 heterocycles. The molecule has 2 aromatic rings. The van der Waals surface area contributed by atoms with Gasteiger partial charge in [-0.2, -0.15) is 18.2 Å². The molecule has 0 aliphatic carbocycles. The van der Waals surface area contributed by atoms with Crippen molar-refractivity contribution in [2.24, 2.45) is 0 Å². The summed E-state index contributed by atoms with van der Waals surface area (Å²) in [6.07, 6.45) is -3.94. The molecule has 0 saturated carbocycles. The zero-order valence-electron chi connectivity index (χ0n) is 15.8. The molecule has 0 bridgehead atoms. The molecule has 162 valence electrons. The number of hydrogen-bond donors (Lipinski definition) is 2. The van der Waals surface area contributed by atoms with Crippen LogP contribution in [0.15, 0.2) is 18.3 Å². The lowest BCUT2D eigenvalue weighted by Crippen LogP contribution is -2.37. The Morgan fingerprint density at radius 1 is 1.40 bits per heavy atom. The summed E-state index contributed by atoms with van der Waals surface area (Å²) in [4.78, 5) is 19.9. The van der Waals surface area contributed by atoms with E-state index in [-0.39, 0.29) is 36.4 Å². The smallest absolute Gasteiger partial charge is 0.370 e. The summed E-state index contributed by atoms with van der Waals surface area (Å²) in [7, 11) is 0. The van der Waals surface area contributed by atoms with Crippen LogP contribution in [-0.2, 0) is 15.7 Å². The van der Waals surface area contributed by atoms with Gasteiger partial charge >= 0.3 is 6.18 Å². The number of amides is 1. The Labute approximate surface area is 174 Å². The first-order chi connectivity index (χ1) is 14.2. The summed E-state index contributed by atoms with van der Waals surface area (Å²) in [5.41, 5.74) is -0.792. The Hall–Kier alpha value is -2.66. The highest BCUT2D eigenvalue weighted by Crippen LogP contribution is 2.35. The third kappa shape index (κ3) is 4.90. The summed E-state index contributed by atoms with van der Waals surface area (Å²) >= 11 is 6.26. The molecule has 0 radical (unpaired) electrons. The van der Waals surface area contributed by atoms with Gasteiger partial charge in [-0.3, -0.25) is 4.79 Å². The van der Waals surface area contributed by atoms with Crippen molar-refractivity contribution < 1.29 is 27.1 Å². The van der Waals surface area contributed by atoms with Crippen molar-refractivity contribution in [3.8, 4) is 0 Å². The highest BCUT2D eigenvalue weighted by Gasteiger charge is 2.35. The van der Waals surface area contributed by atoms with Gasteiger partial charge in [0, 0.05) is 29.9 Å². The van der Waals surface area contributed by atoms with E-state index in [1.165, 1.54) is 11.0 Å². The lowest BCUT2D eigenvalue weighted by Gasteiger charge is -2.31. The summed E-state index contributed by atoms with van der Waals surface area (Å²) in [6, 6.07) is 2.42. The van der Waals surface area contributed by atoms with Crippen LogP contribution in [-0.4, -0.2) is 47.5 Å². The molecule has 1 unspecified atom stereocenters. The molecule has 1 fully saturated rings. The van der Waals surface area contributed by atoms with Crippen molar-refractivity contribution in [1.82, 2.24) is 14.9 Å². The minimum absolute atomic E-state index is 0.117. The van der Waals surface area contributed by atoms with E-state index in [1.807, 2.05) is 0 Å². The minimum Gasteiger partial charge on any atom is -0.370 e. The molecule has 1 aliphatic rings. The first-order valence-corrected chi connectivity index (χ1v) is 9.35. The summed E-state index contributed by atoms with van der Waals surface area (Å²) in [5.74, 6) is -1.38. The second kappa shape index (κ2) is 9.00. The predicted molar refractivity (Wildman–Crippen MR) is 102 cm³/mol. The summed E-state index contributed by atoms with van der Waals surface area (Å²) < 4.78 is 59.4. The largest absolute Gasteiger partial charge is 0.421 e. The van der Waals surface area contributed by atoms with E-state index in [0.717, 1.165) is 6.07 Å². The molecule has 1 amide bonds. The van der Waals surface area contributed by atoms with E-state index in [2.05, 4.69) is 20.6 Å². The number of ether oxygens (including phenoxy) is 1. The number of nitrogens with one attached hydrogen (secondary N) is 2. The molecule has 7 nitrogen and oxygen atoms in total. The lowest BCUT2D eigenvalue weighted by molar-refractivity contribution is -0.137. The van der Waals surface area contributed by atoms with E-state index >= 15 is 0 Å². The van der Waals surface area contributed by atoms with E-state index in [0.29, 0.717) is 24.7 Å². The van der Waals surface area contributed by atoms with E-state index < -0.39 is 29.5 Å². The quantitative estimate of drug-likeness (QED) is 0.515. The van der Waals surface area contributed by atoms with Gasteiger partial charge in [-0.1, -0.05) is 11.6 Å². The van der Waals surface area contributed by atoms with Crippen LogP contribution in [0, 0.1) is 5.82 Å². The molecule has 1 saturated heterocycles. The number of anilines is 3. The summed E-state index contributed by atoms with van der Waals surface area (Å²) in [6.45, 7) is 2.76. The van der Waals surface area contributed by atoms with Crippen LogP contribution in [0.3, 0.4) is 0 Å². The fourth-order valence-electron chi connectivity index (χ4n) is 2.93. The fraction of sp³-hybridized carbons (Fsp3) is 0.389. The Morgan fingerprint density at radius 3 is 2.83 bits per heavy atom. The van der Waals surface area contributed by atoms with E-state index in [4.69, 9.17) is 16.3 Å². The van der Waals surface area contributed by atoms with Crippen LogP contribution in [0.5, 0.6) is 0 Å². The van der Waals surface area contributed by atoms with Gasteiger partial charge in [0.05, 0.1) is 18.8 Å². The number of carbonyl (C=O) groups is 1. The lowest BCUT2D eigenvalue weighted by atomic mass is 10.1. The van der Waals surface area contributed by atoms with Gasteiger partial charge in [0.15, 0.2) is 0 Å². The first kappa shape index (κ1) is 22.0. The fourth-order valence-corrected chi connectivity index (χ4v) is 3.22. The van der Waals surface area contributed by atoms with E-state index in [1.54, 1.807) is 6.92 Å². The number of aromatic nitrogens is 2. The monoisotopic (exact) mass is 447 g/mol. The van der Waals surface area contributed by atoms with Crippen molar-refractivity contribution in [3.05, 3.63) is 40.3 Å². The molecular weight excluding hydrogens is 430 g/mol. The SMILES string of the molecule is CCNc1nc(Nc2cc(Cl)c(C3CN(C=O)CCO3)cc2F)ncc1C(F)(F)F. The van der Waals surface area contributed by atoms with Crippen LogP contribution in [0.25, 0.3) is 0 Å². The molecule has 30 heavy (non-hydrogen) atoms. The zero-order valence-corrected chi connectivity index (χ0v) is 16.5. The van der Waals surface area contributed by atoms with Crippen LogP contribution in [0.1, 0.15) is 24.2 Å². The van der Waals surface area contributed by atoms with Crippen LogP contribution in [0.2, 0.25) is 5.02 Å². The maximum atomic E-state index is 14.7. The minimum atomic E-state index is -4.64. The van der Waals surface area contributed by atoms with Gasteiger partial charge in [-0.15, -0.1) is 0 Å². The Morgan fingerprint density at radius 2 is 2.17 bits per heavy atom. The molecule has 1 aliphatic heterocycles. The number of alkyl halides is 3. The van der Waals surface area contributed by atoms with Crippen LogP contribution >= 0.6 is 11.6 Å². The van der Waals surface area contributed by atoms with Gasteiger partial charge in [-0.25, -0.2) is 9.37 Å². The topological polar surface area (TPSA) is 79.4 Å². The number of rotatable bonds is 6. The maximum Gasteiger partial charge on any atom is 0.421 e. The molecule has 0 spiro atoms. The van der Waals surface area contributed by atoms with Crippen molar-refractivity contribution in [3.63, 3.8) is 0 Å². The maximum absolute atomic E-state index is 14.7. The number of hydrogen-bond acceptors (Lipinski definition) is 6. The Bertz CT molecular complexity index is 928. The molecular formula is C18H18ClF4N5O2. The second-order valence-corrected chi connectivity index (χ2v) is 6.83. The predicted octanol–water partition coefficient (Wildman–Crippen LogP) is 3.99. The third-order valence-electron chi connectivity index (χ3n) is 4.37. The zero-order chi connectivity index (χ0) is 21.9. The molecule has 1 aromatic heterocycles. The van der Waals surface area contributed by atoms with Gasteiger partial charge < -0.3 is 20.3 Å². The normalized spacial score (nSPS) is 17.0. The molecule has 1 aromatic carbocycles. The third-order valence-corrected chi connectivity index (χ3v) is 4.69. The highest BCUT2D eigenvalue weighted by atomic mass is 35.5. The van der Waals surface area contributed by atoms with Crippen molar-refractivity contribution in [2.45, 2.75) is 19.2 Å². The van der Waals surface area contributed by atoms with Gasteiger partial charge in [0.25, 0.3) is 0 Å². The average molecular weight is 448 g/mol. The number of halogens is 5. The van der Waals surface area contributed by atoms with Crippen molar-refractivity contribution in [2.75, 3.05) is 36.9 Å². The molecule has 12 heteroatoms. The number of nitrogens with zero attached hydrogens (tertiary/aromatic N) is 3. The van der Waals surface area contributed by atoms with Crippen LogP contribution in [0.4, 0.5) is 35.0 Å². The van der Waals surface area contributed by atoms with Crippen molar-refractivity contribution in [1.29, 1.82) is 0 Å². The van der Waals surface area contributed by atoms with Gasteiger partial charge in [0.1, 0.15) is 23.3 Å². The Balaban J connectivity index is 1.86. The summed E-state index contributed by atoms with van der Waals surface area (Å²) in [5, 5.41) is 5.22. The standard InChI is InChI=1S/C18H18ClF4N5O2/c1-2-24-16-11(18(21,22)23)7-25-17(27-16)26-14-6-12(19)10(5-13(14)20)15-8-28(9-29)3-4-30-15/h5-7,9,15H,2-4,8H2,1H3,(H2,24,25,26,27). The molecule has 3 rings (SSSR count). The van der Waals surface area contributed by atoms with Crippen LogP contribution < -0.4 is 10.6 Å². The molecule has 1 atom stereocenters.